The van der Waals surface area contributed by atoms with E-state index in [2.05, 4.69) is 40.2 Å². The highest BCUT2D eigenvalue weighted by molar-refractivity contribution is 5.90. The van der Waals surface area contributed by atoms with Gasteiger partial charge in [-0.1, -0.05) is 43.3 Å². The molecular formula is C20H27N3O. The highest BCUT2D eigenvalue weighted by Crippen LogP contribution is 2.12. The van der Waals surface area contributed by atoms with Gasteiger partial charge in [-0.2, -0.15) is 0 Å². The molecule has 3 rings (SSSR count). The first kappa shape index (κ1) is 18.0. The minimum Gasteiger partial charge on any atom is -0.382 e. The molecule has 0 aromatic heterocycles. The van der Waals surface area contributed by atoms with E-state index in [-0.39, 0.29) is 5.91 Å². The van der Waals surface area contributed by atoms with Crippen LogP contribution < -0.4 is 16.0 Å². The number of benzene rings is 2. The molecule has 1 aliphatic rings. The summed E-state index contributed by atoms with van der Waals surface area (Å²) in [5, 5.41) is 9.65. The number of carbonyl (C=O) groups excluding carboxylic acids is 1. The zero-order chi connectivity index (χ0) is 17.0. The Morgan fingerprint density at radius 3 is 2.04 bits per heavy atom. The first-order valence-corrected chi connectivity index (χ1v) is 8.65. The molecular weight excluding hydrogens is 298 g/mol. The Morgan fingerprint density at radius 2 is 1.50 bits per heavy atom. The van der Waals surface area contributed by atoms with Gasteiger partial charge >= 0.3 is 0 Å². The molecule has 0 unspecified atom stereocenters. The second-order valence-corrected chi connectivity index (χ2v) is 5.80. The van der Waals surface area contributed by atoms with Gasteiger partial charge in [0.25, 0.3) is 0 Å². The molecule has 4 heteroatoms. The Bertz CT molecular complexity index is 580. The van der Waals surface area contributed by atoms with Crippen LogP contribution >= 0.6 is 0 Å². The summed E-state index contributed by atoms with van der Waals surface area (Å²) in [4.78, 5) is 10.9. The fourth-order valence-corrected chi connectivity index (χ4v) is 2.51. The van der Waals surface area contributed by atoms with Crippen LogP contribution in [0.3, 0.4) is 0 Å². The monoisotopic (exact) mass is 325 g/mol. The van der Waals surface area contributed by atoms with Gasteiger partial charge in [0.15, 0.2) is 0 Å². The largest absolute Gasteiger partial charge is 0.382 e. The third-order valence-electron chi connectivity index (χ3n) is 3.86. The zero-order valence-electron chi connectivity index (χ0n) is 14.3. The van der Waals surface area contributed by atoms with Gasteiger partial charge in [-0.05, 0) is 50.2 Å². The van der Waals surface area contributed by atoms with Gasteiger partial charge in [0, 0.05) is 23.8 Å². The molecule has 3 N–H and O–H groups in total. The van der Waals surface area contributed by atoms with Crippen LogP contribution in [0.15, 0.2) is 60.7 Å². The van der Waals surface area contributed by atoms with E-state index in [1.807, 2.05) is 43.3 Å². The normalized spacial score (nSPS) is 14.2. The number of anilines is 2. The lowest BCUT2D eigenvalue weighted by Crippen LogP contribution is -2.35. The van der Waals surface area contributed by atoms with E-state index in [0.29, 0.717) is 12.5 Å². The third-order valence-corrected chi connectivity index (χ3v) is 3.86. The van der Waals surface area contributed by atoms with E-state index in [4.69, 9.17) is 0 Å². The Morgan fingerprint density at radius 1 is 0.958 bits per heavy atom. The molecule has 0 bridgehead atoms. The van der Waals surface area contributed by atoms with E-state index in [9.17, 15) is 4.79 Å². The summed E-state index contributed by atoms with van der Waals surface area (Å²) in [6.07, 6.45) is 2.98. The summed E-state index contributed by atoms with van der Waals surface area (Å²) in [5.74, 6) is 0.0520. The number of carbonyl (C=O) groups is 1. The van der Waals surface area contributed by atoms with Crippen LogP contribution in [0.25, 0.3) is 0 Å². The van der Waals surface area contributed by atoms with Gasteiger partial charge in [-0.15, -0.1) is 0 Å². The summed E-state index contributed by atoms with van der Waals surface area (Å²) < 4.78 is 0. The van der Waals surface area contributed by atoms with Crippen molar-refractivity contribution < 1.29 is 4.79 Å². The van der Waals surface area contributed by atoms with Crippen LogP contribution in [-0.4, -0.2) is 25.0 Å². The minimum absolute atomic E-state index is 0.0520. The van der Waals surface area contributed by atoms with E-state index in [1.54, 1.807) is 0 Å². The maximum atomic E-state index is 10.9. The molecule has 1 fully saturated rings. The maximum Gasteiger partial charge on any atom is 0.224 e. The third kappa shape index (κ3) is 6.84. The highest BCUT2D eigenvalue weighted by Gasteiger charge is 2.11. The average Bonchev–Trinajstić information content (AvgIpc) is 2.65. The molecule has 0 aliphatic carbocycles. The van der Waals surface area contributed by atoms with Crippen molar-refractivity contribution >= 4 is 17.3 Å². The molecule has 128 valence electrons. The second kappa shape index (κ2) is 10.4. The molecule has 1 saturated heterocycles. The molecule has 1 aliphatic heterocycles. The van der Waals surface area contributed by atoms with E-state index < -0.39 is 0 Å². The van der Waals surface area contributed by atoms with Crippen molar-refractivity contribution in [2.75, 3.05) is 23.7 Å². The molecule has 2 aromatic rings. The molecule has 1 amide bonds. The number of hydrogen-bond acceptors (Lipinski definition) is 3. The van der Waals surface area contributed by atoms with Gasteiger partial charge in [-0.25, -0.2) is 0 Å². The first-order valence-electron chi connectivity index (χ1n) is 8.65. The van der Waals surface area contributed by atoms with E-state index in [1.165, 1.54) is 18.5 Å². The Balaban J connectivity index is 0.000000177. The molecule has 24 heavy (non-hydrogen) atoms. The molecule has 0 radical (unpaired) electrons. The van der Waals surface area contributed by atoms with Crippen LogP contribution in [0.5, 0.6) is 0 Å². The fraction of sp³-hybridized carbons (Fsp3) is 0.350. The quantitative estimate of drug-likeness (QED) is 0.799. The van der Waals surface area contributed by atoms with Crippen molar-refractivity contribution in [2.24, 2.45) is 0 Å². The van der Waals surface area contributed by atoms with Crippen molar-refractivity contribution in [2.45, 2.75) is 32.2 Å². The second-order valence-electron chi connectivity index (χ2n) is 5.80. The van der Waals surface area contributed by atoms with Gasteiger partial charge in [-0.3, -0.25) is 4.79 Å². The van der Waals surface area contributed by atoms with Gasteiger partial charge in [0.05, 0.1) is 0 Å². The zero-order valence-corrected chi connectivity index (χ0v) is 14.3. The lowest BCUT2D eigenvalue weighted by Gasteiger charge is -2.24. The van der Waals surface area contributed by atoms with E-state index >= 15 is 0 Å². The van der Waals surface area contributed by atoms with Gasteiger partial charge < -0.3 is 16.0 Å². The lowest BCUT2D eigenvalue weighted by molar-refractivity contribution is -0.115. The summed E-state index contributed by atoms with van der Waals surface area (Å²) in [6, 6.07) is 20.5. The summed E-state index contributed by atoms with van der Waals surface area (Å²) in [5.41, 5.74) is 2.11. The predicted octanol–water partition coefficient (Wildman–Crippen LogP) is 3.89. The van der Waals surface area contributed by atoms with Crippen LogP contribution in [0.1, 0.15) is 26.2 Å². The molecule has 0 saturated carbocycles. The van der Waals surface area contributed by atoms with Crippen LogP contribution in [0.4, 0.5) is 11.4 Å². The maximum absolute atomic E-state index is 10.9. The summed E-state index contributed by atoms with van der Waals surface area (Å²) >= 11 is 0. The SMILES string of the molecule is CCC(=O)Nc1ccccc1.c1ccc(NC2CCNCC2)cc1. The van der Waals surface area contributed by atoms with Crippen LogP contribution in [-0.2, 0) is 4.79 Å². The van der Waals surface area contributed by atoms with E-state index in [0.717, 1.165) is 18.8 Å². The van der Waals surface area contributed by atoms with Crippen molar-refractivity contribution in [3.8, 4) is 0 Å². The Labute approximate surface area is 144 Å². The lowest BCUT2D eigenvalue weighted by atomic mass is 10.1. The smallest absolute Gasteiger partial charge is 0.224 e. The van der Waals surface area contributed by atoms with Crippen LogP contribution in [0.2, 0.25) is 0 Å². The minimum atomic E-state index is 0.0520. The first-order chi connectivity index (χ1) is 11.8. The highest BCUT2D eigenvalue weighted by atomic mass is 16.1. The molecule has 0 atom stereocenters. The molecule has 1 heterocycles. The summed E-state index contributed by atoms with van der Waals surface area (Å²) in [7, 11) is 0. The van der Waals surface area contributed by atoms with Crippen molar-refractivity contribution in [3.05, 3.63) is 60.7 Å². The van der Waals surface area contributed by atoms with Crippen LogP contribution in [0, 0.1) is 0 Å². The Kier molecular flexibility index (Phi) is 7.84. The topological polar surface area (TPSA) is 53.2 Å². The fourth-order valence-electron chi connectivity index (χ4n) is 2.51. The van der Waals surface area contributed by atoms with Gasteiger partial charge in [0.1, 0.15) is 0 Å². The standard InChI is InChI=1S/C11H16N2.C9H11NO/c1-2-4-10(5-3-1)13-11-6-8-12-9-7-11;1-2-9(11)10-8-6-4-3-5-7-8/h1-5,11-13H,6-9H2;3-7H,2H2,1H3,(H,10,11). The summed E-state index contributed by atoms with van der Waals surface area (Å²) in [6.45, 7) is 4.12. The van der Waals surface area contributed by atoms with Crippen molar-refractivity contribution in [3.63, 3.8) is 0 Å². The Hall–Kier alpha value is -2.33. The average molecular weight is 325 g/mol. The number of nitrogens with one attached hydrogen (secondary N) is 3. The number of rotatable bonds is 4. The molecule has 0 spiro atoms. The van der Waals surface area contributed by atoms with Crippen molar-refractivity contribution in [1.82, 2.24) is 5.32 Å². The van der Waals surface area contributed by atoms with Gasteiger partial charge in [0.2, 0.25) is 5.91 Å². The number of amides is 1. The predicted molar refractivity (Wildman–Crippen MR) is 101 cm³/mol. The molecule has 4 nitrogen and oxygen atoms in total. The van der Waals surface area contributed by atoms with Crippen molar-refractivity contribution in [1.29, 1.82) is 0 Å². The number of piperidine rings is 1. The number of hydrogen-bond donors (Lipinski definition) is 3. The molecule has 2 aromatic carbocycles. The number of para-hydroxylation sites is 2.